The van der Waals surface area contributed by atoms with Crippen molar-refractivity contribution in [2.75, 3.05) is 0 Å². The van der Waals surface area contributed by atoms with Crippen molar-refractivity contribution >= 4 is 0 Å². The van der Waals surface area contributed by atoms with Crippen LogP contribution in [0.3, 0.4) is 0 Å². The predicted octanol–water partition coefficient (Wildman–Crippen LogP) is 4.47. The fourth-order valence-corrected chi connectivity index (χ4v) is 2.59. The van der Waals surface area contributed by atoms with Crippen molar-refractivity contribution in [3.63, 3.8) is 0 Å². The molecule has 0 aromatic heterocycles. The van der Waals surface area contributed by atoms with Gasteiger partial charge >= 0.3 is 0 Å². The maximum atomic E-state index is 8.65. The summed E-state index contributed by atoms with van der Waals surface area (Å²) in [5.74, 6) is 0. The molecule has 0 saturated carbocycles. The number of benzene rings is 1. The van der Waals surface area contributed by atoms with E-state index in [0.717, 1.165) is 12.0 Å². The van der Waals surface area contributed by atoms with Crippen molar-refractivity contribution < 1.29 is 0 Å². The lowest BCUT2D eigenvalue weighted by Gasteiger charge is -2.33. The van der Waals surface area contributed by atoms with Crippen molar-refractivity contribution in [2.24, 2.45) is 5.41 Å². The highest BCUT2D eigenvalue weighted by atomic mass is 14.3. The Morgan fingerprint density at radius 1 is 1.00 bits per heavy atom. The molecule has 0 spiro atoms. The Bertz CT molecular complexity index is 399. The molecule has 1 nitrogen and oxygen atoms in total. The van der Waals surface area contributed by atoms with Crippen LogP contribution in [0.15, 0.2) is 24.3 Å². The van der Waals surface area contributed by atoms with Gasteiger partial charge in [-0.2, -0.15) is 5.26 Å². The Labute approximate surface area is 105 Å². The Balaban J connectivity index is 2.89. The van der Waals surface area contributed by atoms with Crippen LogP contribution in [0.4, 0.5) is 0 Å². The molecule has 0 aliphatic rings. The number of hydrogen-bond donors (Lipinski definition) is 0. The zero-order chi connectivity index (χ0) is 13.1. The molecule has 0 aliphatic carbocycles. The zero-order valence-corrected chi connectivity index (χ0v) is 11.7. The molecule has 0 amide bonds. The summed E-state index contributed by atoms with van der Waals surface area (Å²) in [7, 11) is 0. The molecule has 92 valence electrons. The van der Waals surface area contributed by atoms with Gasteiger partial charge in [-0.3, -0.25) is 0 Å². The van der Waals surface area contributed by atoms with Gasteiger partial charge in [0.15, 0.2) is 0 Å². The maximum Gasteiger partial charge on any atom is 0.0669 e. The van der Waals surface area contributed by atoms with E-state index in [-0.39, 0.29) is 5.41 Å². The molecule has 0 unspecified atom stereocenters. The van der Waals surface area contributed by atoms with E-state index in [4.69, 9.17) is 5.26 Å². The first kappa shape index (κ1) is 13.8. The van der Waals surface area contributed by atoms with Gasteiger partial charge in [-0.15, -0.1) is 0 Å². The van der Waals surface area contributed by atoms with Gasteiger partial charge in [0.25, 0.3) is 0 Å². The fourth-order valence-electron chi connectivity index (χ4n) is 2.59. The van der Waals surface area contributed by atoms with E-state index in [0.29, 0.717) is 11.8 Å². The summed E-state index contributed by atoms with van der Waals surface area (Å²) in [6, 6.07) is 10.7. The Morgan fingerprint density at radius 3 is 1.94 bits per heavy atom. The van der Waals surface area contributed by atoms with E-state index in [1.165, 1.54) is 5.56 Å². The van der Waals surface area contributed by atoms with Crippen LogP contribution in [0.2, 0.25) is 0 Å². The molecule has 0 fully saturated rings. The third-order valence-electron chi connectivity index (χ3n) is 2.99. The minimum absolute atomic E-state index is 0.184. The lowest BCUT2D eigenvalue weighted by molar-refractivity contribution is 0.284. The molecule has 1 rings (SSSR count). The van der Waals surface area contributed by atoms with Crippen LogP contribution in [0, 0.1) is 16.7 Å². The Hall–Kier alpha value is -1.29. The number of hydrogen-bond acceptors (Lipinski definition) is 1. The van der Waals surface area contributed by atoms with Crippen LogP contribution < -0.4 is 0 Å². The second-order valence-electron chi connectivity index (χ2n) is 6.65. The minimum atomic E-state index is 0.184. The summed E-state index contributed by atoms with van der Waals surface area (Å²) in [4.78, 5) is 0. The van der Waals surface area contributed by atoms with Gasteiger partial charge in [0.2, 0.25) is 0 Å². The summed E-state index contributed by atoms with van der Waals surface area (Å²) in [6.07, 6.45) is 1.65. The van der Waals surface area contributed by atoms with Crippen molar-refractivity contribution in [3.05, 3.63) is 35.4 Å². The van der Waals surface area contributed by atoms with Gasteiger partial charge < -0.3 is 0 Å². The molecule has 1 aromatic rings. The van der Waals surface area contributed by atoms with Crippen LogP contribution in [0.25, 0.3) is 0 Å². The lowest BCUT2D eigenvalue weighted by atomic mass is 9.72. The van der Waals surface area contributed by atoms with Crippen LogP contribution in [-0.4, -0.2) is 0 Å². The highest BCUT2D eigenvalue weighted by molar-refractivity contribution is 5.29. The van der Waals surface area contributed by atoms with E-state index >= 15 is 0 Å². The van der Waals surface area contributed by atoms with Gasteiger partial charge in [0.05, 0.1) is 12.5 Å². The highest BCUT2D eigenvalue weighted by Crippen LogP contribution is 2.36. The van der Waals surface area contributed by atoms with E-state index in [9.17, 15) is 0 Å². The van der Waals surface area contributed by atoms with Crippen molar-refractivity contribution in [2.45, 2.75) is 52.9 Å². The molecule has 0 saturated heterocycles. The van der Waals surface area contributed by atoms with Crippen LogP contribution in [0.1, 0.15) is 52.2 Å². The van der Waals surface area contributed by atoms with Gasteiger partial charge in [-0.25, -0.2) is 0 Å². The average Bonchev–Trinajstić information content (AvgIpc) is 2.15. The number of nitrogens with zero attached hydrogens (tertiary/aromatic N) is 1. The molecular weight excluding hydrogens is 206 g/mol. The maximum absolute atomic E-state index is 8.65. The number of rotatable bonds is 3. The lowest BCUT2D eigenvalue weighted by Crippen LogP contribution is -2.24. The molecule has 0 N–H and O–H groups in total. The van der Waals surface area contributed by atoms with Crippen molar-refractivity contribution in [1.29, 1.82) is 5.26 Å². The SMILES string of the molecule is CC(C)(C)CC(C)(C)c1ccc(CC#N)cc1. The summed E-state index contributed by atoms with van der Waals surface area (Å²) >= 11 is 0. The molecule has 0 heterocycles. The molecule has 1 heteroatoms. The molecule has 17 heavy (non-hydrogen) atoms. The minimum Gasteiger partial charge on any atom is -0.198 e. The third-order valence-corrected chi connectivity index (χ3v) is 2.99. The molecular formula is C16H23N. The molecule has 0 radical (unpaired) electrons. The predicted molar refractivity (Wildman–Crippen MR) is 72.9 cm³/mol. The smallest absolute Gasteiger partial charge is 0.0669 e. The van der Waals surface area contributed by atoms with Gasteiger partial charge in [-0.1, -0.05) is 58.9 Å². The van der Waals surface area contributed by atoms with Crippen LogP contribution in [0.5, 0.6) is 0 Å². The molecule has 0 aliphatic heterocycles. The monoisotopic (exact) mass is 229 g/mol. The van der Waals surface area contributed by atoms with Crippen LogP contribution >= 0.6 is 0 Å². The summed E-state index contributed by atoms with van der Waals surface area (Å²) < 4.78 is 0. The van der Waals surface area contributed by atoms with Gasteiger partial charge in [0, 0.05) is 0 Å². The molecule has 1 aromatic carbocycles. The third kappa shape index (κ3) is 4.23. The van der Waals surface area contributed by atoms with E-state index < -0.39 is 0 Å². The summed E-state index contributed by atoms with van der Waals surface area (Å²) in [6.45, 7) is 11.4. The topological polar surface area (TPSA) is 23.8 Å². The quantitative estimate of drug-likeness (QED) is 0.750. The Kier molecular flexibility index (Phi) is 3.98. The largest absolute Gasteiger partial charge is 0.198 e. The number of nitriles is 1. The van der Waals surface area contributed by atoms with Gasteiger partial charge in [0.1, 0.15) is 0 Å². The van der Waals surface area contributed by atoms with Crippen molar-refractivity contribution in [3.8, 4) is 6.07 Å². The highest BCUT2D eigenvalue weighted by Gasteiger charge is 2.26. The first-order valence-electron chi connectivity index (χ1n) is 6.21. The fraction of sp³-hybridized carbons (Fsp3) is 0.562. The first-order chi connectivity index (χ1) is 7.74. The zero-order valence-electron chi connectivity index (χ0n) is 11.7. The van der Waals surface area contributed by atoms with E-state index in [1.54, 1.807) is 0 Å². The normalized spacial score (nSPS) is 12.2. The van der Waals surface area contributed by atoms with E-state index in [1.807, 2.05) is 0 Å². The van der Waals surface area contributed by atoms with Gasteiger partial charge in [-0.05, 0) is 28.4 Å². The van der Waals surface area contributed by atoms with Crippen molar-refractivity contribution in [1.82, 2.24) is 0 Å². The molecule has 0 atom stereocenters. The second-order valence-corrected chi connectivity index (χ2v) is 6.65. The second kappa shape index (κ2) is 4.92. The van der Waals surface area contributed by atoms with E-state index in [2.05, 4.69) is 65.0 Å². The summed E-state index contributed by atoms with van der Waals surface area (Å²) in [5, 5.41) is 8.65. The molecule has 0 bridgehead atoms. The standard InChI is InChI=1S/C16H23N/c1-15(2,3)12-16(4,5)14-8-6-13(7-9-14)10-11-17/h6-9H,10,12H2,1-5H3. The Morgan fingerprint density at radius 2 is 1.53 bits per heavy atom. The first-order valence-corrected chi connectivity index (χ1v) is 6.21. The van der Waals surface area contributed by atoms with Crippen LogP contribution in [-0.2, 0) is 11.8 Å². The average molecular weight is 229 g/mol. The summed E-state index contributed by atoms with van der Waals surface area (Å²) in [5.41, 5.74) is 2.97.